The van der Waals surface area contributed by atoms with Crippen molar-refractivity contribution in [2.45, 2.75) is 50.1 Å². The molecule has 0 aliphatic heterocycles. The highest BCUT2D eigenvalue weighted by Gasteiger charge is 2.38. The quantitative estimate of drug-likeness (QED) is 0.0791. The van der Waals surface area contributed by atoms with E-state index in [1.54, 1.807) is 12.1 Å². The molecule has 0 fully saturated rings. The zero-order valence-electron chi connectivity index (χ0n) is 24.3. The van der Waals surface area contributed by atoms with Gasteiger partial charge in [0, 0.05) is 18.5 Å². The molecule has 0 heterocycles. The molecule has 3 amide bonds. The van der Waals surface area contributed by atoms with Gasteiger partial charge in [-0.25, -0.2) is 0 Å². The summed E-state index contributed by atoms with van der Waals surface area (Å²) in [7, 11) is 0. The number of amidine groups is 1. The number of nitrogen functional groups attached to an aromatic ring is 1. The van der Waals surface area contributed by atoms with Crippen LogP contribution in [0.15, 0.2) is 89.9 Å². The molecule has 0 radical (unpaired) electrons. The number of rotatable bonds is 15. The average Bonchev–Trinajstić information content (AvgIpc) is 2.99. The predicted molar refractivity (Wildman–Crippen MR) is 168 cm³/mol. The van der Waals surface area contributed by atoms with Gasteiger partial charge >= 0.3 is 0 Å². The molecule has 0 saturated heterocycles. The summed E-state index contributed by atoms with van der Waals surface area (Å²) in [5.41, 5.74) is 23.9. The lowest BCUT2D eigenvalue weighted by Gasteiger charge is -2.32. The van der Waals surface area contributed by atoms with Gasteiger partial charge in [-0.3, -0.25) is 24.8 Å². The fourth-order valence-corrected chi connectivity index (χ4v) is 4.77. The van der Waals surface area contributed by atoms with E-state index in [0.717, 1.165) is 16.7 Å². The SMILES string of the molecule is CC(Cc1ccc(C(=N)N)cc1)(C(=O)N[C@@H](Cc1ccccc1)C(=O)N[C@@H](CCCN=C(N)N)C(N)=O)c1ccccc1. The molecule has 3 atom stereocenters. The van der Waals surface area contributed by atoms with Crippen LogP contribution in [-0.4, -0.2) is 48.1 Å². The highest BCUT2D eigenvalue weighted by atomic mass is 16.2. The first-order valence-electron chi connectivity index (χ1n) is 14.0. The van der Waals surface area contributed by atoms with Crippen molar-refractivity contribution in [1.29, 1.82) is 5.41 Å². The minimum absolute atomic E-state index is 0.0459. The number of primary amides is 1. The van der Waals surface area contributed by atoms with Gasteiger partial charge in [0.1, 0.15) is 17.9 Å². The molecular formula is C32H40N8O3. The Morgan fingerprint density at radius 2 is 1.42 bits per heavy atom. The van der Waals surface area contributed by atoms with Crippen molar-refractivity contribution >= 4 is 29.5 Å². The highest BCUT2D eigenvalue weighted by Crippen LogP contribution is 2.29. The fraction of sp³-hybridized carbons (Fsp3) is 0.281. The molecular weight excluding hydrogens is 544 g/mol. The largest absolute Gasteiger partial charge is 0.384 e. The van der Waals surface area contributed by atoms with Gasteiger partial charge < -0.3 is 33.6 Å². The van der Waals surface area contributed by atoms with Crippen molar-refractivity contribution in [1.82, 2.24) is 10.6 Å². The predicted octanol–water partition coefficient (Wildman–Crippen LogP) is 1.22. The number of nitrogens with zero attached hydrogens (tertiary/aromatic N) is 1. The normalized spacial score (nSPS) is 13.5. The Morgan fingerprint density at radius 1 is 0.814 bits per heavy atom. The second-order valence-electron chi connectivity index (χ2n) is 10.6. The zero-order valence-corrected chi connectivity index (χ0v) is 24.3. The van der Waals surface area contributed by atoms with E-state index < -0.39 is 29.3 Å². The topological polar surface area (TPSA) is 216 Å². The summed E-state index contributed by atoms with van der Waals surface area (Å²) in [6.45, 7) is 2.10. The van der Waals surface area contributed by atoms with Crippen molar-refractivity contribution in [2.75, 3.05) is 6.54 Å². The van der Waals surface area contributed by atoms with Gasteiger partial charge in [0.2, 0.25) is 17.7 Å². The third-order valence-electron chi connectivity index (χ3n) is 7.24. The van der Waals surface area contributed by atoms with Crippen LogP contribution in [0.5, 0.6) is 0 Å². The van der Waals surface area contributed by atoms with Crippen molar-refractivity contribution in [3.8, 4) is 0 Å². The second-order valence-corrected chi connectivity index (χ2v) is 10.6. The Hall–Kier alpha value is -5.19. The first-order chi connectivity index (χ1) is 20.5. The number of hydrogen-bond acceptors (Lipinski definition) is 5. The van der Waals surface area contributed by atoms with Crippen LogP contribution in [0.25, 0.3) is 0 Å². The van der Waals surface area contributed by atoms with E-state index in [4.69, 9.17) is 28.3 Å². The summed E-state index contributed by atoms with van der Waals surface area (Å²) in [6, 6.07) is 23.8. The molecule has 0 aliphatic rings. The van der Waals surface area contributed by atoms with Crippen LogP contribution in [0.2, 0.25) is 0 Å². The van der Waals surface area contributed by atoms with Crippen molar-refractivity contribution in [3.63, 3.8) is 0 Å². The van der Waals surface area contributed by atoms with E-state index in [9.17, 15) is 14.4 Å². The van der Waals surface area contributed by atoms with Gasteiger partial charge in [0.15, 0.2) is 5.96 Å². The molecule has 3 rings (SSSR count). The van der Waals surface area contributed by atoms with Gasteiger partial charge in [-0.1, -0.05) is 84.9 Å². The molecule has 3 aromatic carbocycles. The standard InChI is InChI=1S/C32H40N8O3/c1-32(24-11-6-3-7-12-24,20-22-14-16-23(17-15-22)27(33)34)30(43)40-26(19-21-9-4-2-5-10-21)29(42)39-25(28(35)41)13-8-18-38-31(36)37/h2-7,9-12,14-17,25-26H,8,13,18-20H2,1H3,(H3,33,34)(H2,35,41)(H,39,42)(H,40,43)(H4,36,37,38)/t25-,26-,32?/m0/s1. The first-order valence-corrected chi connectivity index (χ1v) is 14.0. The maximum Gasteiger partial charge on any atom is 0.243 e. The van der Waals surface area contributed by atoms with E-state index in [2.05, 4.69) is 15.6 Å². The van der Waals surface area contributed by atoms with Crippen LogP contribution < -0.4 is 33.6 Å². The lowest BCUT2D eigenvalue weighted by atomic mass is 9.76. The van der Waals surface area contributed by atoms with Crippen LogP contribution >= 0.6 is 0 Å². The average molecular weight is 585 g/mol. The molecule has 11 nitrogen and oxygen atoms in total. The molecule has 0 aliphatic carbocycles. The van der Waals surface area contributed by atoms with Crippen LogP contribution in [0.3, 0.4) is 0 Å². The number of guanidine groups is 1. The van der Waals surface area contributed by atoms with Crippen molar-refractivity contribution < 1.29 is 14.4 Å². The Labute approximate surface area is 251 Å². The van der Waals surface area contributed by atoms with Crippen LogP contribution in [0.1, 0.15) is 42.0 Å². The number of nitrogens with one attached hydrogen (secondary N) is 3. The Morgan fingerprint density at radius 3 is 1.98 bits per heavy atom. The summed E-state index contributed by atoms with van der Waals surface area (Å²) in [6.07, 6.45) is 1.14. The Kier molecular flexibility index (Phi) is 11.4. The van der Waals surface area contributed by atoms with E-state index >= 15 is 0 Å². The lowest BCUT2D eigenvalue weighted by Crippen LogP contribution is -2.56. The van der Waals surface area contributed by atoms with Gasteiger partial charge in [-0.15, -0.1) is 0 Å². The number of nitrogens with two attached hydrogens (primary N) is 4. The molecule has 3 aromatic rings. The Bertz CT molecular complexity index is 1420. The summed E-state index contributed by atoms with van der Waals surface area (Å²) in [5.74, 6) is -1.72. The van der Waals surface area contributed by atoms with E-state index in [1.807, 2.05) is 79.7 Å². The van der Waals surface area contributed by atoms with Crippen LogP contribution in [0.4, 0.5) is 0 Å². The third-order valence-corrected chi connectivity index (χ3v) is 7.24. The van der Waals surface area contributed by atoms with Crippen LogP contribution in [0, 0.1) is 5.41 Å². The third kappa shape index (κ3) is 9.42. The zero-order chi connectivity index (χ0) is 31.4. The first kappa shape index (κ1) is 32.3. The number of carbonyl (C=O) groups excluding carboxylic acids is 3. The smallest absolute Gasteiger partial charge is 0.243 e. The molecule has 226 valence electrons. The van der Waals surface area contributed by atoms with Crippen LogP contribution in [-0.2, 0) is 32.6 Å². The second kappa shape index (κ2) is 15.2. The summed E-state index contributed by atoms with van der Waals surface area (Å²) < 4.78 is 0. The number of carbonyl (C=O) groups is 3. The maximum absolute atomic E-state index is 14.2. The molecule has 0 aromatic heterocycles. The molecule has 0 bridgehead atoms. The number of benzene rings is 3. The fourth-order valence-electron chi connectivity index (χ4n) is 4.77. The minimum atomic E-state index is -1.07. The summed E-state index contributed by atoms with van der Waals surface area (Å²) >= 11 is 0. The minimum Gasteiger partial charge on any atom is -0.384 e. The molecule has 0 saturated carbocycles. The van der Waals surface area contributed by atoms with E-state index in [0.29, 0.717) is 18.4 Å². The summed E-state index contributed by atoms with van der Waals surface area (Å²) in [4.78, 5) is 43.9. The number of amides is 3. The molecule has 1 unspecified atom stereocenters. The lowest BCUT2D eigenvalue weighted by molar-refractivity contribution is -0.133. The van der Waals surface area contributed by atoms with Gasteiger partial charge in [0.25, 0.3) is 0 Å². The number of hydrogen-bond donors (Lipinski definition) is 7. The molecule has 11 heteroatoms. The van der Waals surface area contributed by atoms with E-state index in [1.165, 1.54) is 0 Å². The van der Waals surface area contributed by atoms with Gasteiger partial charge in [0.05, 0.1) is 5.41 Å². The van der Waals surface area contributed by atoms with Gasteiger partial charge in [-0.05, 0) is 42.9 Å². The van der Waals surface area contributed by atoms with Crippen molar-refractivity contribution in [3.05, 3.63) is 107 Å². The number of aliphatic imine (C=N–C) groups is 1. The monoisotopic (exact) mass is 584 g/mol. The molecule has 11 N–H and O–H groups in total. The highest BCUT2D eigenvalue weighted by molar-refractivity contribution is 5.96. The summed E-state index contributed by atoms with van der Waals surface area (Å²) in [5, 5.41) is 13.4. The molecule has 0 spiro atoms. The van der Waals surface area contributed by atoms with Crippen molar-refractivity contribution in [2.24, 2.45) is 27.9 Å². The Balaban J connectivity index is 1.89. The van der Waals surface area contributed by atoms with E-state index in [-0.39, 0.29) is 37.1 Å². The van der Waals surface area contributed by atoms with Gasteiger partial charge in [-0.2, -0.15) is 0 Å². The maximum atomic E-state index is 14.2. The molecule has 43 heavy (non-hydrogen) atoms.